The average molecular weight is 375 g/mol. The molecule has 3 rings (SSSR count). The van der Waals surface area contributed by atoms with E-state index >= 15 is 0 Å². The second kappa shape index (κ2) is 8.10. The maximum absolute atomic E-state index is 11.4. The molecule has 0 saturated carbocycles. The lowest BCUT2D eigenvalue weighted by Gasteiger charge is -2.27. The number of fused-ring (bicyclic) bond motifs is 1. The Morgan fingerprint density at radius 3 is 2.65 bits per heavy atom. The van der Waals surface area contributed by atoms with E-state index in [1.807, 2.05) is 43.3 Å². The highest BCUT2D eigenvalue weighted by molar-refractivity contribution is 7.90. The molecular formula is C20H26N2O3S. The summed E-state index contributed by atoms with van der Waals surface area (Å²) in [5.41, 5.74) is 3.27. The van der Waals surface area contributed by atoms with Crippen LogP contribution in [0.15, 0.2) is 48.5 Å². The molecule has 1 aliphatic heterocycles. The van der Waals surface area contributed by atoms with Crippen LogP contribution in [-0.4, -0.2) is 39.6 Å². The van der Waals surface area contributed by atoms with Gasteiger partial charge in [-0.15, -0.1) is 0 Å². The molecule has 2 atom stereocenters. The van der Waals surface area contributed by atoms with Gasteiger partial charge in [0.2, 0.25) is 0 Å². The third-order valence-corrected chi connectivity index (χ3v) is 5.61. The molecule has 5 nitrogen and oxygen atoms in total. The molecule has 0 radical (unpaired) electrons. The molecule has 1 heterocycles. The molecule has 2 aromatic rings. The van der Waals surface area contributed by atoms with Crippen molar-refractivity contribution in [2.45, 2.75) is 25.5 Å². The van der Waals surface area contributed by atoms with Gasteiger partial charge >= 0.3 is 0 Å². The molecule has 0 amide bonds. The highest BCUT2D eigenvalue weighted by atomic mass is 32.2. The third-order valence-electron chi connectivity index (χ3n) is 4.50. The molecule has 0 bridgehead atoms. The highest BCUT2D eigenvalue weighted by Crippen LogP contribution is 2.27. The Morgan fingerprint density at radius 1 is 1.19 bits per heavy atom. The van der Waals surface area contributed by atoms with Crippen LogP contribution in [0, 0.1) is 0 Å². The Kier molecular flexibility index (Phi) is 5.84. The molecule has 1 aliphatic rings. The number of ether oxygens (including phenoxy) is 1. The van der Waals surface area contributed by atoms with Gasteiger partial charge in [0.05, 0.1) is 18.0 Å². The Labute approximate surface area is 155 Å². The van der Waals surface area contributed by atoms with E-state index in [2.05, 4.69) is 22.8 Å². The largest absolute Gasteiger partial charge is 0.485 e. The van der Waals surface area contributed by atoms with Crippen LogP contribution in [-0.2, 0) is 16.4 Å². The number of anilines is 1. The lowest BCUT2D eigenvalue weighted by Crippen LogP contribution is -2.39. The molecule has 2 aromatic carbocycles. The topological polar surface area (TPSA) is 67.4 Å². The lowest BCUT2D eigenvalue weighted by atomic mass is 10.0. The van der Waals surface area contributed by atoms with Crippen LogP contribution >= 0.6 is 0 Å². The molecule has 0 aromatic heterocycles. The molecule has 140 valence electrons. The highest BCUT2D eigenvalue weighted by Gasteiger charge is 2.18. The van der Waals surface area contributed by atoms with Gasteiger partial charge in [0, 0.05) is 19.3 Å². The van der Waals surface area contributed by atoms with E-state index in [4.69, 9.17) is 4.74 Å². The normalized spacial score (nSPS) is 17.7. The minimum absolute atomic E-state index is 0.00814. The molecule has 26 heavy (non-hydrogen) atoms. The van der Waals surface area contributed by atoms with Gasteiger partial charge < -0.3 is 15.4 Å². The van der Waals surface area contributed by atoms with Crippen LogP contribution in [0.2, 0.25) is 0 Å². The second-order valence-electron chi connectivity index (χ2n) is 6.98. The van der Waals surface area contributed by atoms with Crippen molar-refractivity contribution >= 4 is 15.5 Å². The zero-order valence-corrected chi connectivity index (χ0v) is 16.1. The maximum atomic E-state index is 11.4. The number of rotatable bonds is 7. The smallest absolute Gasteiger partial charge is 0.148 e. The van der Waals surface area contributed by atoms with E-state index in [1.165, 1.54) is 11.8 Å². The van der Waals surface area contributed by atoms with Gasteiger partial charge in [-0.1, -0.05) is 43.3 Å². The zero-order chi connectivity index (χ0) is 18.6. The summed E-state index contributed by atoms with van der Waals surface area (Å²) < 4.78 is 28.8. The summed E-state index contributed by atoms with van der Waals surface area (Å²) in [7, 11) is -2.96. The fraction of sp³-hybridized carbons (Fsp3) is 0.400. The first-order valence-corrected chi connectivity index (χ1v) is 10.9. The standard InChI is InChI=1S/C20H26N2O3S/c1-15(14-26(2,23)24)17-9-7-16(8-10-17)11-21-12-18-13-22-19-5-3-4-6-20(19)25-18/h3-10,15,18,21-22H,11-14H2,1-2H3/t15-,18?/m0/s1. The zero-order valence-electron chi connectivity index (χ0n) is 15.2. The number of sulfone groups is 1. The summed E-state index contributed by atoms with van der Waals surface area (Å²) >= 11 is 0. The maximum Gasteiger partial charge on any atom is 0.148 e. The van der Waals surface area contributed by atoms with Crippen molar-refractivity contribution in [1.29, 1.82) is 0 Å². The van der Waals surface area contributed by atoms with Gasteiger partial charge in [-0.25, -0.2) is 8.42 Å². The van der Waals surface area contributed by atoms with Crippen molar-refractivity contribution in [3.63, 3.8) is 0 Å². The Balaban J connectivity index is 1.47. The number of hydrogen-bond donors (Lipinski definition) is 2. The minimum Gasteiger partial charge on any atom is -0.485 e. The predicted molar refractivity (Wildman–Crippen MR) is 106 cm³/mol. The fourth-order valence-corrected chi connectivity index (χ4v) is 4.27. The first-order valence-electron chi connectivity index (χ1n) is 8.87. The van der Waals surface area contributed by atoms with Gasteiger partial charge in [-0.05, 0) is 29.2 Å². The third kappa shape index (κ3) is 5.22. The van der Waals surface area contributed by atoms with E-state index in [1.54, 1.807) is 0 Å². The number of para-hydroxylation sites is 2. The SMILES string of the molecule is C[C@@H](CS(C)(=O)=O)c1ccc(CNCC2CNc3ccccc3O2)cc1. The van der Waals surface area contributed by atoms with E-state index in [0.717, 1.165) is 36.6 Å². The fourth-order valence-electron chi connectivity index (χ4n) is 3.17. The van der Waals surface area contributed by atoms with Gasteiger partial charge in [0.1, 0.15) is 21.7 Å². The summed E-state index contributed by atoms with van der Waals surface area (Å²) in [6.07, 6.45) is 1.38. The Bertz CT molecular complexity index is 834. The van der Waals surface area contributed by atoms with E-state index in [9.17, 15) is 8.42 Å². The van der Waals surface area contributed by atoms with E-state index < -0.39 is 9.84 Å². The quantitative estimate of drug-likeness (QED) is 0.780. The summed E-state index contributed by atoms with van der Waals surface area (Å²) in [6, 6.07) is 16.1. The lowest BCUT2D eigenvalue weighted by molar-refractivity contribution is 0.201. The van der Waals surface area contributed by atoms with Crippen LogP contribution in [0.1, 0.15) is 24.0 Å². The van der Waals surface area contributed by atoms with Crippen molar-refractivity contribution in [3.05, 3.63) is 59.7 Å². The molecule has 0 saturated heterocycles. The van der Waals surface area contributed by atoms with Gasteiger partial charge in [-0.2, -0.15) is 0 Å². The van der Waals surface area contributed by atoms with Crippen LogP contribution in [0.25, 0.3) is 0 Å². The van der Waals surface area contributed by atoms with Crippen molar-refractivity contribution in [1.82, 2.24) is 5.32 Å². The van der Waals surface area contributed by atoms with Crippen molar-refractivity contribution in [2.75, 3.05) is 30.4 Å². The van der Waals surface area contributed by atoms with E-state index in [-0.39, 0.29) is 17.8 Å². The monoisotopic (exact) mass is 374 g/mol. The van der Waals surface area contributed by atoms with Crippen LogP contribution in [0.4, 0.5) is 5.69 Å². The van der Waals surface area contributed by atoms with Gasteiger partial charge in [0.25, 0.3) is 0 Å². The van der Waals surface area contributed by atoms with Crippen LogP contribution in [0.5, 0.6) is 5.75 Å². The molecule has 6 heteroatoms. The molecule has 1 unspecified atom stereocenters. The number of nitrogens with one attached hydrogen (secondary N) is 2. The van der Waals surface area contributed by atoms with Crippen LogP contribution in [0.3, 0.4) is 0 Å². The molecule has 0 spiro atoms. The average Bonchev–Trinajstić information content (AvgIpc) is 2.61. The van der Waals surface area contributed by atoms with Crippen molar-refractivity contribution < 1.29 is 13.2 Å². The summed E-state index contributed by atoms with van der Waals surface area (Å²) in [6.45, 7) is 4.24. The van der Waals surface area contributed by atoms with Crippen LogP contribution < -0.4 is 15.4 Å². The molecule has 0 fully saturated rings. The predicted octanol–water partition coefficient (Wildman–Crippen LogP) is 2.80. The summed E-state index contributed by atoms with van der Waals surface area (Å²) in [5, 5.41) is 6.81. The summed E-state index contributed by atoms with van der Waals surface area (Å²) in [5.74, 6) is 1.08. The molecule has 2 N–H and O–H groups in total. The first-order chi connectivity index (χ1) is 12.4. The first kappa shape index (κ1) is 18.7. The van der Waals surface area contributed by atoms with E-state index in [0.29, 0.717) is 0 Å². The summed E-state index contributed by atoms with van der Waals surface area (Å²) in [4.78, 5) is 0. The molecule has 0 aliphatic carbocycles. The van der Waals surface area contributed by atoms with Gasteiger partial charge in [-0.3, -0.25) is 0 Å². The number of hydrogen-bond acceptors (Lipinski definition) is 5. The number of benzene rings is 2. The minimum atomic E-state index is -2.96. The van der Waals surface area contributed by atoms with Gasteiger partial charge in [0.15, 0.2) is 0 Å². The second-order valence-corrected chi connectivity index (χ2v) is 9.17. The Hall–Kier alpha value is -2.05. The van der Waals surface area contributed by atoms with Crippen molar-refractivity contribution in [2.24, 2.45) is 0 Å². The molecular weight excluding hydrogens is 348 g/mol. The Morgan fingerprint density at radius 2 is 1.92 bits per heavy atom. The van der Waals surface area contributed by atoms with Crippen molar-refractivity contribution in [3.8, 4) is 5.75 Å².